The Labute approximate surface area is 284 Å². The summed E-state index contributed by atoms with van der Waals surface area (Å²) in [6.07, 6.45) is 10.8. The van der Waals surface area contributed by atoms with Crippen molar-refractivity contribution < 1.29 is 9.68 Å². The van der Waals surface area contributed by atoms with Crippen LogP contribution in [-0.4, -0.2) is 46.1 Å². The highest BCUT2D eigenvalue weighted by Crippen LogP contribution is 2.10. The molecule has 0 saturated heterocycles. The molecule has 3 aromatic heterocycles. The monoisotopic (exact) mass is 664 g/mol. The van der Waals surface area contributed by atoms with E-state index in [1.165, 1.54) is 11.4 Å². The number of aromatic nitrogens is 4. The third-order valence-corrected chi connectivity index (χ3v) is 5.46. The number of oxime groups is 2. The van der Waals surface area contributed by atoms with E-state index in [0.29, 0.717) is 35.3 Å². The maximum absolute atomic E-state index is 5.59. The molecule has 256 valence electrons. The van der Waals surface area contributed by atoms with Crippen molar-refractivity contribution in [2.24, 2.45) is 34.0 Å². The van der Waals surface area contributed by atoms with Crippen LogP contribution in [0.4, 0.5) is 0 Å². The summed E-state index contributed by atoms with van der Waals surface area (Å²) < 4.78 is 0. The van der Waals surface area contributed by atoms with Crippen LogP contribution < -0.4 is 0 Å². The molecule has 0 atom stereocenters. The van der Waals surface area contributed by atoms with E-state index >= 15 is 0 Å². The van der Waals surface area contributed by atoms with Gasteiger partial charge in [-0.1, -0.05) is 105 Å². The topological polar surface area (TPSA) is 94.7 Å². The zero-order valence-electron chi connectivity index (χ0n) is 29.1. The number of pyridine rings is 1. The first-order chi connectivity index (χ1) is 20.8. The van der Waals surface area contributed by atoms with Crippen LogP contribution in [-0.2, 0) is 22.5 Å². The molecule has 3 aromatic rings. The Hall–Kier alpha value is -2.91. The Morgan fingerprint density at radius 1 is 0.800 bits per heavy atom. The van der Waals surface area contributed by atoms with Crippen molar-refractivity contribution in [2.75, 3.05) is 13.7 Å². The van der Waals surface area contributed by atoms with E-state index in [-0.39, 0.29) is 7.43 Å². The molecule has 10 heteroatoms. The second-order valence-corrected chi connectivity index (χ2v) is 12.7. The molecular formula is C35H61ClN6O2S. The van der Waals surface area contributed by atoms with Gasteiger partial charge in [0, 0.05) is 48.0 Å². The second-order valence-electron chi connectivity index (χ2n) is 11.5. The zero-order valence-corrected chi connectivity index (χ0v) is 30.6. The summed E-state index contributed by atoms with van der Waals surface area (Å²) in [5.41, 5.74) is 4.31. The van der Waals surface area contributed by atoms with Gasteiger partial charge in [-0.3, -0.25) is 4.98 Å². The maximum Gasteiger partial charge on any atom is 0.130 e. The molecule has 0 N–H and O–H groups in total. The summed E-state index contributed by atoms with van der Waals surface area (Å²) in [7, 11) is 1.54. The highest BCUT2D eigenvalue weighted by atomic mass is 35.5. The molecule has 0 aromatic carbocycles. The predicted molar refractivity (Wildman–Crippen MR) is 197 cm³/mol. The lowest BCUT2D eigenvalue weighted by Crippen LogP contribution is -1.95. The molecule has 0 fully saturated rings. The second kappa shape index (κ2) is 31.1. The van der Waals surface area contributed by atoms with E-state index in [0.717, 1.165) is 24.6 Å². The minimum absolute atomic E-state index is 0. The largest absolute Gasteiger partial charge is 0.399 e. The van der Waals surface area contributed by atoms with E-state index < -0.39 is 0 Å². The van der Waals surface area contributed by atoms with Crippen LogP contribution in [0.25, 0.3) is 0 Å². The van der Waals surface area contributed by atoms with Crippen molar-refractivity contribution in [2.45, 2.75) is 102 Å². The van der Waals surface area contributed by atoms with Crippen LogP contribution >= 0.6 is 22.9 Å². The standard InChI is InChI=1S/C9H13N.C7H9ClN2.C7H11NS.C6H13NO.C5H11NO.CH4/c1-8(2)7-9-5-3-4-6-10-9;1-5(2)7-9-3-6(8)4-10-7;1-6(2)3-7-4-9-5-8-7;1-4-8-7-5-6(2)3;1-5(2)4-6-7-3;/h3-6,8H,7H2,1-2H3;3-5H,1-2H3;4-6H,3H2,1-2H3;5-6H,4H2,1-3H3;4-5H,1-3H3;1H4/b;;;7-5-;;. The van der Waals surface area contributed by atoms with Gasteiger partial charge in [0.1, 0.15) is 19.5 Å². The molecule has 8 nitrogen and oxygen atoms in total. The molecule has 0 aliphatic carbocycles. The third-order valence-electron chi connectivity index (χ3n) is 4.63. The molecule has 0 spiro atoms. The van der Waals surface area contributed by atoms with Crippen molar-refractivity contribution in [3.63, 3.8) is 0 Å². The molecule has 3 rings (SSSR count). The van der Waals surface area contributed by atoms with Gasteiger partial charge in [-0.05, 0) is 55.6 Å². The number of thiazole rings is 1. The molecule has 0 unspecified atom stereocenters. The molecule has 0 aliphatic heterocycles. The van der Waals surface area contributed by atoms with Crippen molar-refractivity contribution in [1.82, 2.24) is 19.9 Å². The lowest BCUT2D eigenvalue weighted by molar-refractivity contribution is 0.159. The fourth-order valence-electron chi connectivity index (χ4n) is 2.74. The van der Waals surface area contributed by atoms with Crippen molar-refractivity contribution >= 4 is 35.4 Å². The van der Waals surface area contributed by atoms with E-state index in [1.807, 2.05) is 58.5 Å². The van der Waals surface area contributed by atoms with Gasteiger partial charge in [-0.2, -0.15) is 0 Å². The first-order valence-electron chi connectivity index (χ1n) is 15.3. The van der Waals surface area contributed by atoms with E-state index in [9.17, 15) is 0 Å². The molecule has 0 aliphatic rings. The first kappa shape index (κ1) is 46.5. The Morgan fingerprint density at radius 3 is 1.73 bits per heavy atom. The Balaban J connectivity index is -0.000000491. The molecular weight excluding hydrogens is 604 g/mol. The van der Waals surface area contributed by atoms with Gasteiger partial charge >= 0.3 is 0 Å². The smallest absolute Gasteiger partial charge is 0.130 e. The Kier molecular flexibility index (Phi) is 32.1. The summed E-state index contributed by atoms with van der Waals surface area (Å²) in [6.45, 7) is 23.7. The highest BCUT2D eigenvalue weighted by molar-refractivity contribution is 7.07. The van der Waals surface area contributed by atoms with Gasteiger partial charge < -0.3 is 9.68 Å². The van der Waals surface area contributed by atoms with Gasteiger partial charge in [-0.15, -0.1) is 11.3 Å². The van der Waals surface area contributed by atoms with Crippen LogP contribution in [0.1, 0.15) is 107 Å². The first-order valence-corrected chi connectivity index (χ1v) is 16.6. The SMILES string of the molecule is C.CC(C)Cc1ccccn1.CC(C)Cc1cscn1.CC(C)c1ncc(Cl)cn1.CCO/N=C\C(C)C.CON=CC(C)C. The number of rotatable bonds is 10. The third kappa shape index (κ3) is 33.8. The van der Waals surface area contributed by atoms with Crippen LogP contribution in [0, 0.1) is 23.7 Å². The minimum Gasteiger partial charge on any atom is -0.399 e. The Bertz CT molecular complexity index is 1060. The van der Waals surface area contributed by atoms with Gasteiger partial charge in [0.25, 0.3) is 0 Å². The molecule has 0 amide bonds. The average Bonchev–Trinajstić information content (AvgIpc) is 3.46. The lowest BCUT2D eigenvalue weighted by atomic mass is 10.1. The van der Waals surface area contributed by atoms with Crippen LogP contribution in [0.3, 0.4) is 0 Å². The average molecular weight is 665 g/mol. The number of halogens is 1. The highest BCUT2D eigenvalue weighted by Gasteiger charge is 2.00. The summed E-state index contributed by atoms with van der Waals surface area (Å²) in [5.74, 6) is 3.62. The van der Waals surface area contributed by atoms with Gasteiger partial charge in [0.05, 0.1) is 16.2 Å². The molecule has 3 heterocycles. The van der Waals surface area contributed by atoms with Crippen molar-refractivity contribution in [3.05, 3.63) is 69.9 Å². The van der Waals surface area contributed by atoms with E-state index in [1.54, 1.807) is 43.3 Å². The van der Waals surface area contributed by atoms with Crippen molar-refractivity contribution in [3.8, 4) is 0 Å². The fourth-order valence-corrected chi connectivity index (χ4v) is 3.40. The van der Waals surface area contributed by atoms with Gasteiger partial charge in [0.15, 0.2) is 0 Å². The molecule has 0 radical (unpaired) electrons. The summed E-state index contributed by atoms with van der Waals surface area (Å²) in [5, 5.41) is 9.91. The normalized spacial score (nSPS) is 10.4. The van der Waals surface area contributed by atoms with E-state index in [2.05, 4.69) is 88.1 Å². The maximum atomic E-state index is 5.59. The number of nitrogens with zero attached hydrogens (tertiary/aromatic N) is 6. The summed E-state index contributed by atoms with van der Waals surface area (Å²) >= 11 is 7.26. The van der Waals surface area contributed by atoms with Gasteiger partial charge in [-0.25, -0.2) is 15.0 Å². The number of hydrogen-bond donors (Lipinski definition) is 0. The van der Waals surface area contributed by atoms with Crippen LogP contribution in [0.5, 0.6) is 0 Å². The molecule has 0 bridgehead atoms. The zero-order chi connectivity index (χ0) is 33.8. The van der Waals surface area contributed by atoms with E-state index in [4.69, 9.17) is 16.4 Å². The van der Waals surface area contributed by atoms with Crippen LogP contribution in [0.2, 0.25) is 5.02 Å². The quantitative estimate of drug-likeness (QED) is 0.158. The van der Waals surface area contributed by atoms with Crippen molar-refractivity contribution in [1.29, 1.82) is 0 Å². The summed E-state index contributed by atoms with van der Waals surface area (Å²) in [6, 6.07) is 6.05. The van der Waals surface area contributed by atoms with Crippen LogP contribution in [0.15, 0.2) is 58.0 Å². The predicted octanol–water partition coefficient (Wildman–Crippen LogP) is 10.5. The summed E-state index contributed by atoms with van der Waals surface area (Å²) in [4.78, 5) is 25.6. The fraction of sp³-hybridized carbons (Fsp3) is 0.600. The molecule has 0 saturated carbocycles. The molecule has 45 heavy (non-hydrogen) atoms. The number of hydrogen-bond acceptors (Lipinski definition) is 9. The van der Waals surface area contributed by atoms with Gasteiger partial charge in [0.2, 0.25) is 0 Å². The lowest BCUT2D eigenvalue weighted by Gasteiger charge is -2.01. The minimum atomic E-state index is 0. The Morgan fingerprint density at radius 2 is 1.36 bits per heavy atom.